The van der Waals surface area contributed by atoms with E-state index in [4.69, 9.17) is 22.1 Å². The number of rotatable bonds is 9. The van der Waals surface area contributed by atoms with Gasteiger partial charge in [0.05, 0.1) is 30.3 Å². The predicted octanol–water partition coefficient (Wildman–Crippen LogP) is 2.42. The topological polar surface area (TPSA) is 96.2 Å². The average molecular weight is 463 g/mol. The number of nitrogens with one attached hydrogen (secondary N) is 1. The second kappa shape index (κ2) is 10.4. The summed E-state index contributed by atoms with van der Waals surface area (Å²) in [6.07, 6.45) is 4.01. The SMILES string of the molecule is CCC(C)N1C(=O)/C(=C\c2c(NCCOCCO)nc3c(C)cccn3c2=O)SC1=S. The van der Waals surface area contributed by atoms with Crippen molar-refractivity contribution in [3.8, 4) is 0 Å². The molecule has 0 aliphatic carbocycles. The number of aromatic nitrogens is 2. The second-order valence-corrected chi connectivity index (χ2v) is 8.81. The molecule has 1 amide bonds. The zero-order valence-electron chi connectivity index (χ0n) is 17.8. The van der Waals surface area contributed by atoms with Crippen molar-refractivity contribution in [2.24, 2.45) is 0 Å². The zero-order chi connectivity index (χ0) is 22.5. The van der Waals surface area contributed by atoms with E-state index >= 15 is 0 Å². The third-order valence-corrected chi connectivity index (χ3v) is 6.32. The Morgan fingerprint density at radius 2 is 2.16 bits per heavy atom. The smallest absolute Gasteiger partial charge is 0.267 e. The number of nitrogens with zero attached hydrogens (tertiary/aromatic N) is 3. The molecule has 0 spiro atoms. The van der Waals surface area contributed by atoms with Crippen molar-refractivity contribution in [2.75, 3.05) is 31.7 Å². The Bertz CT molecular complexity index is 1080. The number of aryl methyl sites for hydroxylation is 1. The van der Waals surface area contributed by atoms with Crippen LogP contribution in [0.1, 0.15) is 31.4 Å². The van der Waals surface area contributed by atoms with Crippen molar-refractivity contribution in [1.82, 2.24) is 14.3 Å². The Morgan fingerprint density at radius 1 is 1.39 bits per heavy atom. The van der Waals surface area contributed by atoms with Gasteiger partial charge >= 0.3 is 0 Å². The fourth-order valence-electron chi connectivity index (χ4n) is 3.16. The largest absolute Gasteiger partial charge is 0.394 e. The molecule has 0 bridgehead atoms. The first-order chi connectivity index (χ1) is 14.9. The van der Waals surface area contributed by atoms with Gasteiger partial charge in [0, 0.05) is 18.8 Å². The number of pyridine rings is 1. The molecule has 2 N–H and O–H groups in total. The average Bonchev–Trinajstić information content (AvgIpc) is 3.03. The molecular weight excluding hydrogens is 436 g/mol. The van der Waals surface area contributed by atoms with Crippen molar-refractivity contribution < 1.29 is 14.6 Å². The number of thioether (sulfide) groups is 1. The number of carbonyl (C=O) groups excluding carboxylic acids is 1. The molecule has 1 aliphatic heterocycles. The fraction of sp³-hybridized carbons (Fsp3) is 0.429. The van der Waals surface area contributed by atoms with E-state index in [0.29, 0.717) is 33.8 Å². The Hall–Kier alpha value is -2.27. The minimum Gasteiger partial charge on any atom is -0.394 e. The van der Waals surface area contributed by atoms with Gasteiger partial charge in [0.25, 0.3) is 11.5 Å². The molecule has 3 rings (SSSR count). The molecular formula is C21H26N4O4S2. The van der Waals surface area contributed by atoms with Crippen LogP contribution >= 0.6 is 24.0 Å². The van der Waals surface area contributed by atoms with Crippen LogP contribution < -0.4 is 10.9 Å². The zero-order valence-corrected chi connectivity index (χ0v) is 19.4. The first-order valence-corrected chi connectivity index (χ1v) is 11.3. The van der Waals surface area contributed by atoms with Gasteiger partial charge in [0.2, 0.25) is 0 Å². The van der Waals surface area contributed by atoms with E-state index in [1.165, 1.54) is 16.2 Å². The summed E-state index contributed by atoms with van der Waals surface area (Å²) in [4.78, 5) is 32.9. The molecule has 31 heavy (non-hydrogen) atoms. The van der Waals surface area contributed by atoms with Crippen LogP contribution in [0.4, 0.5) is 5.82 Å². The molecule has 0 aromatic carbocycles. The van der Waals surface area contributed by atoms with Crippen LogP contribution in [0.25, 0.3) is 11.7 Å². The summed E-state index contributed by atoms with van der Waals surface area (Å²) in [6, 6.07) is 3.65. The lowest BCUT2D eigenvalue weighted by Crippen LogP contribution is -2.36. The summed E-state index contributed by atoms with van der Waals surface area (Å²) >= 11 is 6.59. The Balaban J connectivity index is 2.03. The van der Waals surface area contributed by atoms with Crippen LogP contribution in [-0.2, 0) is 9.53 Å². The maximum Gasteiger partial charge on any atom is 0.267 e. The third kappa shape index (κ3) is 4.98. The summed E-state index contributed by atoms with van der Waals surface area (Å²) in [6.45, 7) is 6.73. The van der Waals surface area contributed by atoms with E-state index in [1.54, 1.807) is 23.2 Å². The molecule has 1 saturated heterocycles. The van der Waals surface area contributed by atoms with Gasteiger partial charge in [-0.25, -0.2) is 4.98 Å². The van der Waals surface area contributed by atoms with Crippen LogP contribution in [0, 0.1) is 6.92 Å². The van der Waals surface area contributed by atoms with Crippen molar-refractivity contribution in [1.29, 1.82) is 0 Å². The fourth-order valence-corrected chi connectivity index (χ4v) is 4.60. The van der Waals surface area contributed by atoms with Gasteiger partial charge in [0.15, 0.2) is 0 Å². The van der Waals surface area contributed by atoms with Crippen molar-refractivity contribution >= 4 is 51.7 Å². The summed E-state index contributed by atoms with van der Waals surface area (Å²) in [7, 11) is 0. The van der Waals surface area contributed by atoms with Crippen molar-refractivity contribution in [3.05, 3.63) is 44.7 Å². The lowest BCUT2D eigenvalue weighted by molar-refractivity contribution is -0.123. The number of amides is 1. The minimum absolute atomic E-state index is 0.0156. The lowest BCUT2D eigenvalue weighted by atomic mass is 10.2. The third-order valence-electron chi connectivity index (χ3n) is 4.99. The number of carbonyl (C=O) groups is 1. The minimum atomic E-state index is -0.277. The van der Waals surface area contributed by atoms with Crippen LogP contribution in [-0.4, -0.2) is 62.0 Å². The van der Waals surface area contributed by atoms with Gasteiger partial charge in [-0.2, -0.15) is 0 Å². The first kappa shape index (κ1) is 23.4. The Labute approximate surface area is 190 Å². The highest BCUT2D eigenvalue weighted by Gasteiger charge is 2.35. The van der Waals surface area contributed by atoms with Crippen molar-refractivity contribution in [2.45, 2.75) is 33.2 Å². The predicted molar refractivity (Wildman–Crippen MR) is 127 cm³/mol. The number of thiocarbonyl (C=S) groups is 1. The Morgan fingerprint density at radius 3 is 2.87 bits per heavy atom. The number of hydrogen-bond donors (Lipinski definition) is 2. The summed E-state index contributed by atoms with van der Waals surface area (Å²) in [5, 5.41) is 12.0. The van der Waals surface area contributed by atoms with Crippen LogP contribution in [0.15, 0.2) is 28.0 Å². The summed E-state index contributed by atoms with van der Waals surface area (Å²) in [5.74, 6) is 0.177. The van der Waals surface area contributed by atoms with Gasteiger partial charge < -0.3 is 15.2 Å². The standard InChI is InChI=1S/C21H26N4O4S2/c1-4-14(3)25-20(28)16(31-21(25)30)12-15-17(22-7-10-29-11-9-26)23-18-13(2)6-5-8-24(18)19(15)27/h5-6,8,12,14,22,26H,4,7,9-11H2,1-3H3/b16-12+. The van der Waals surface area contributed by atoms with Gasteiger partial charge in [-0.15, -0.1) is 0 Å². The number of aliphatic hydroxyl groups excluding tert-OH is 1. The Kier molecular flexibility index (Phi) is 7.82. The maximum absolute atomic E-state index is 13.3. The maximum atomic E-state index is 13.3. The molecule has 2 aromatic heterocycles. The normalized spacial score (nSPS) is 16.5. The van der Waals surface area contributed by atoms with Gasteiger partial charge in [-0.1, -0.05) is 37.0 Å². The molecule has 1 unspecified atom stereocenters. The van der Waals surface area contributed by atoms with E-state index in [1.807, 2.05) is 26.8 Å². The molecule has 1 aliphatic rings. The van der Waals surface area contributed by atoms with E-state index in [-0.39, 0.29) is 36.3 Å². The molecule has 1 fully saturated rings. The number of hydrogen-bond acceptors (Lipinski definition) is 8. The molecule has 2 aromatic rings. The highest BCUT2D eigenvalue weighted by molar-refractivity contribution is 8.26. The molecule has 1 atom stereocenters. The number of anilines is 1. The van der Waals surface area contributed by atoms with Gasteiger partial charge in [-0.3, -0.25) is 18.9 Å². The number of aliphatic hydroxyl groups is 1. The first-order valence-electron chi connectivity index (χ1n) is 10.1. The molecule has 8 nitrogen and oxygen atoms in total. The van der Waals surface area contributed by atoms with E-state index in [0.717, 1.165) is 12.0 Å². The lowest BCUT2D eigenvalue weighted by Gasteiger charge is -2.21. The van der Waals surface area contributed by atoms with Crippen LogP contribution in [0.2, 0.25) is 0 Å². The van der Waals surface area contributed by atoms with Gasteiger partial charge in [0.1, 0.15) is 15.8 Å². The molecule has 3 heterocycles. The highest BCUT2D eigenvalue weighted by Crippen LogP contribution is 2.34. The molecule has 0 saturated carbocycles. The number of ether oxygens (including phenoxy) is 1. The summed E-state index contributed by atoms with van der Waals surface area (Å²) < 4.78 is 7.25. The summed E-state index contributed by atoms with van der Waals surface area (Å²) in [5.41, 5.74) is 1.40. The van der Waals surface area contributed by atoms with E-state index < -0.39 is 0 Å². The molecule has 0 radical (unpaired) electrons. The molecule has 166 valence electrons. The second-order valence-electron chi connectivity index (χ2n) is 7.14. The monoisotopic (exact) mass is 462 g/mol. The van der Waals surface area contributed by atoms with E-state index in [2.05, 4.69) is 10.3 Å². The van der Waals surface area contributed by atoms with Crippen molar-refractivity contribution in [3.63, 3.8) is 0 Å². The van der Waals surface area contributed by atoms with Crippen LogP contribution in [0.5, 0.6) is 0 Å². The quantitative estimate of drug-likeness (QED) is 0.333. The highest BCUT2D eigenvalue weighted by atomic mass is 32.2. The van der Waals surface area contributed by atoms with Crippen LogP contribution in [0.3, 0.4) is 0 Å². The van der Waals surface area contributed by atoms with Gasteiger partial charge in [-0.05, 0) is 38.0 Å². The molecule has 10 heteroatoms. The van der Waals surface area contributed by atoms with E-state index in [9.17, 15) is 9.59 Å². The number of fused-ring (bicyclic) bond motifs is 1.